The van der Waals surface area contributed by atoms with Gasteiger partial charge in [-0.3, -0.25) is 0 Å². The predicted molar refractivity (Wildman–Crippen MR) is 76.1 cm³/mol. The molecule has 0 bridgehead atoms. The van der Waals surface area contributed by atoms with Crippen LogP contribution in [-0.4, -0.2) is 23.7 Å². The Kier molecular flexibility index (Phi) is 4.68. The Morgan fingerprint density at radius 1 is 1.50 bits per heavy atom. The van der Waals surface area contributed by atoms with E-state index < -0.39 is 0 Å². The van der Waals surface area contributed by atoms with Crippen LogP contribution in [0.2, 0.25) is 0 Å². The van der Waals surface area contributed by atoms with Crippen LogP contribution >= 0.6 is 27.5 Å². The highest BCUT2D eigenvalue weighted by atomic mass is 79.9. The molecule has 1 aromatic heterocycles. The van der Waals surface area contributed by atoms with Crippen molar-refractivity contribution in [2.45, 2.75) is 12.5 Å². The van der Waals surface area contributed by atoms with Gasteiger partial charge in [0.2, 0.25) is 0 Å². The SMILES string of the molecule is CNC(Cc1ccc(OC)c(Br)c1)c1csnn1. The van der Waals surface area contributed by atoms with Crippen molar-refractivity contribution < 1.29 is 4.74 Å². The van der Waals surface area contributed by atoms with Gasteiger partial charge < -0.3 is 10.1 Å². The Morgan fingerprint density at radius 3 is 2.89 bits per heavy atom. The normalized spacial score (nSPS) is 12.4. The Hall–Kier alpha value is -0.980. The summed E-state index contributed by atoms with van der Waals surface area (Å²) in [5.41, 5.74) is 2.20. The van der Waals surface area contributed by atoms with Crippen molar-refractivity contribution in [3.63, 3.8) is 0 Å². The molecular weight excluding hydrogens is 314 g/mol. The molecule has 4 nitrogen and oxygen atoms in total. The van der Waals surface area contributed by atoms with Gasteiger partial charge in [0, 0.05) is 5.38 Å². The van der Waals surface area contributed by atoms with Gasteiger partial charge in [-0.1, -0.05) is 10.6 Å². The third-order valence-corrected chi connectivity index (χ3v) is 3.88. The fourth-order valence-electron chi connectivity index (χ4n) is 1.75. The van der Waals surface area contributed by atoms with Crippen molar-refractivity contribution in [1.82, 2.24) is 14.9 Å². The molecule has 1 unspecified atom stereocenters. The average molecular weight is 328 g/mol. The molecule has 0 fully saturated rings. The molecule has 0 saturated carbocycles. The molecule has 0 saturated heterocycles. The Labute approximate surface area is 119 Å². The van der Waals surface area contributed by atoms with E-state index in [-0.39, 0.29) is 6.04 Å². The van der Waals surface area contributed by atoms with E-state index in [1.807, 2.05) is 18.5 Å². The summed E-state index contributed by atoms with van der Waals surface area (Å²) in [6, 6.07) is 6.28. The Balaban J connectivity index is 2.15. The van der Waals surface area contributed by atoms with Gasteiger partial charge >= 0.3 is 0 Å². The van der Waals surface area contributed by atoms with E-state index in [1.165, 1.54) is 17.1 Å². The largest absolute Gasteiger partial charge is 0.496 e. The highest BCUT2D eigenvalue weighted by Gasteiger charge is 2.13. The van der Waals surface area contributed by atoms with Crippen molar-refractivity contribution in [3.8, 4) is 5.75 Å². The molecule has 96 valence electrons. The number of likely N-dealkylation sites (N-methyl/N-ethyl adjacent to an activating group) is 1. The number of rotatable bonds is 5. The summed E-state index contributed by atoms with van der Waals surface area (Å²) < 4.78 is 10.1. The van der Waals surface area contributed by atoms with Gasteiger partial charge in [0.1, 0.15) is 5.75 Å². The average Bonchev–Trinajstić information content (AvgIpc) is 2.90. The topological polar surface area (TPSA) is 47.0 Å². The van der Waals surface area contributed by atoms with Crippen molar-refractivity contribution >= 4 is 27.5 Å². The zero-order chi connectivity index (χ0) is 13.0. The molecule has 0 aliphatic carbocycles. The lowest BCUT2D eigenvalue weighted by molar-refractivity contribution is 0.412. The first-order chi connectivity index (χ1) is 8.74. The Morgan fingerprint density at radius 2 is 2.33 bits per heavy atom. The quantitative estimate of drug-likeness (QED) is 0.917. The van der Waals surface area contributed by atoms with Gasteiger partial charge in [0.25, 0.3) is 0 Å². The van der Waals surface area contributed by atoms with Crippen molar-refractivity contribution in [2.24, 2.45) is 0 Å². The number of nitrogens with one attached hydrogen (secondary N) is 1. The number of ether oxygens (including phenoxy) is 1. The third kappa shape index (κ3) is 3.07. The second-order valence-electron chi connectivity index (χ2n) is 3.84. The summed E-state index contributed by atoms with van der Waals surface area (Å²) in [5.74, 6) is 0.843. The maximum Gasteiger partial charge on any atom is 0.133 e. The molecule has 6 heteroatoms. The van der Waals surface area contributed by atoms with Crippen LogP contribution in [0.4, 0.5) is 0 Å². The fraction of sp³-hybridized carbons (Fsp3) is 0.333. The van der Waals surface area contributed by atoms with Crippen LogP contribution in [0.5, 0.6) is 5.75 Å². The zero-order valence-corrected chi connectivity index (χ0v) is 12.6. The molecule has 0 radical (unpaired) electrons. The van der Waals surface area contributed by atoms with Crippen molar-refractivity contribution in [3.05, 3.63) is 39.3 Å². The van der Waals surface area contributed by atoms with E-state index in [0.29, 0.717) is 0 Å². The summed E-state index contributed by atoms with van der Waals surface area (Å²) >= 11 is 4.87. The van der Waals surface area contributed by atoms with E-state index >= 15 is 0 Å². The number of hydrogen-bond acceptors (Lipinski definition) is 5. The molecule has 18 heavy (non-hydrogen) atoms. The molecule has 2 aromatic rings. The standard InChI is InChI=1S/C12H14BrN3OS/c1-14-10(11-7-18-16-15-11)6-8-3-4-12(17-2)9(13)5-8/h3-5,7,10,14H,6H2,1-2H3. The van der Waals surface area contributed by atoms with Gasteiger partial charge in [-0.2, -0.15) is 0 Å². The third-order valence-electron chi connectivity index (χ3n) is 2.74. The van der Waals surface area contributed by atoms with Crippen LogP contribution < -0.4 is 10.1 Å². The summed E-state index contributed by atoms with van der Waals surface area (Å²) in [6.07, 6.45) is 0.866. The van der Waals surface area contributed by atoms with Crippen LogP contribution in [0, 0.1) is 0 Å². The second kappa shape index (κ2) is 6.26. The second-order valence-corrected chi connectivity index (χ2v) is 5.31. The molecule has 0 amide bonds. The molecule has 0 aliphatic heterocycles. The van der Waals surface area contributed by atoms with E-state index in [2.05, 4.69) is 43.0 Å². The summed E-state index contributed by atoms with van der Waals surface area (Å²) in [6.45, 7) is 0. The van der Waals surface area contributed by atoms with E-state index in [0.717, 1.165) is 22.3 Å². The minimum absolute atomic E-state index is 0.184. The molecule has 1 N–H and O–H groups in total. The van der Waals surface area contributed by atoms with Crippen molar-refractivity contribution in [2.75, 3.05) is 14.2 Å². The molecule has 2 rings (SSSR count). The summed E-state index contributed by atoms with van der Waals surface area (Å²) in [7, 11) is 3.60. The predicted octanol–water partition coefficient (Wildman–Crippen LogP) is 2.81. The minimum Gasteiger partial charge on any atom is -0.496 e. The van der Waals surface area contributed by atoms with Crippen molar-refractivity contribution in [1.29, 1.82) is 0 Å². The first-order valence-corrected chi connectivity index (χ1v) is 7.14. The fourth-order valence-corrected chi connectivity index (χ4v) is 2.85. The number of nitrogens with zero attached hydrogens (tertiary/aromatic N) is 2. The smallest absolute Gasteiger partial charge is 0.133 e. The molecule has 1 heterocycles. The van der Waals surface area contributed by atoms with E-state index in [1.54, 1.807) is 7.11 Å². The number of methoxy groups -OCH3 is 1. The van der Waals surface area contributed by atoms with Crippen LogP contribution in [0.25, 0.3) is 0 Å². The number of hydrogen-bond donors (Lipinski definition) is 1. The molecule has 1 aromatic carbocycles. The molecule has 0 spiro atoms. The first kappa shape index (κ1) is 13.5. The van der Waals surface area contributed by atoms with Crippen LogP contribution in [0.3, 0.4) is 0 Å². The van der Waals surface area contributed by atoms with Gasteiger partial charge in [-0.25, -0.2) is 0 Å². The lowest BCUT2D eigenvalue weighted by Crippen LogP contribution is -2.19. The zero-order valence-electron chi connectivity index (χ0n) is 10.2. The lowest BCUT2D eigenvalue weighted by atomic mass is 10.0. The molecular formula is C12H14BrN3OS. The van der Waals surface area contributed by atoms with Crippen LogP contribution in [-0.2, 0) is 6.42 Å². The van der Waals surface area contributed by atoms with Gasteiger partial charge in [-0.15, -0.1) is 5.10 Å². The molecule has 1 atom stereocenters. The van der Waals surface area contributed by atoms with E-state index in [9.17, 15) is 0 Å². The first-order valence-electron chi connectivity index (χ1n) is 5.51. The van der Waals surface area contributed by atoms with Gasteiger partial charge in [-0.05, 0) is 58.6 Å². The van der Waals surface area contributed by atoms with Crippen LogP contribution in [0.15, 0.2) is 28.1 Å². The van der Waals surface area contributed by atoms with E-state index in [4.69, 9.17) is 4.74 Å². The highest BCUT2D eigenvalue weighted by Crippen LogP contribution is 2.27. The number of halogens is 1. The number of aromatic nitrogens is 2. The summed E-state index contributed by atoms with van der Waals surface area (Å²) in [4.78, 5) is 0. The highest BCUT2D eigenvalue weighted by molar-refractivity contribution is 9.10. The Bertz CT molecular complexity index is 504. The van der Waals surface area contributed by atoms with Gasteiger partial charge in [0.15, 0.2) is 0 Å². The number of benzene rings is 1. The monoisotopic (exact) mass is 327 g/mol. The van der Waals surface area contributed by atoms with Gasteiger partial charge in [0.05, 0.1) is 23.3 Å². The lowest BCUT2D eigenvalue weighted by Gasteiger charge is -2.14. The minimum atomic E-state index is 0.184. The maximum absolute atomic E-state index is 5.22. The summed E-state index contributed by atoms with van der Waals surface area (Å²) in [5, 5.41) is 9.34. The molecule has 0 aliphatic rings. The maximum atomic E-state index is 5.22. The van der Waals surface area contributed by atoms with Crippen LogP contribution in [0.1, 0.15) is 17.3 Å².